The molecule has 114 valence electrons. The predicted octanol–water partition coefficient (Wildman–Crippen LogP) is 1.68. The van der Waals surface area contributed by atoms with Crippen molar-refractivity contribution in [3.05, 3.63) is 36.4 Å². The average Bonchev–Trinajstić information content (AvgIpc) is 2.97. The summed E-state index contributed by atoms with van der Waals surface area (Å²) >= 11 is 0. The van der Waals surface area contributed by atoms with Crippen LogP contribution in [0.5, 0.6) is 0 Å². The Labute approximate surface area is 118 Å². The van der Waals surface area contributed by atoms with Crippen LogP contribution in [-0.4, -0.2) is 53.8 Å². The lowest BCUT2D eigenvalue weighted by Crippen LogP contribution is -2.46. The Morgan fingerprint density at radius 3 is 2.38 bits per heavy atom. The van der Waals surface area contributed by atoms with Crippen LogP contribution >= 0.6 is 0 Å². The first-order chi connectivity index (χ1) is 9.88. The molecular formula is C13H13F3N2O3. The van der Waals surface area contributed by atoms with Gasteiger partial charge in [0.25, 0.3) is 11.7 Å². The van der Waals surface area contributed by atoms with Crippen LogP contribution in [-0.2, 0) is 4.79 Å². The second kappa shape index (κ2) is 6.02. The smallest absolute Gasteiger partial charge is 0.454 e. The summed E-state index contributed by atoms with van der Waals surface area (Å²) in [5.41, 5.74) is 0. The van der Waals surface area contributed by atoms with Crippen molar-refractivity contribution in [2.75, 3.05) is 26.2 Å². The van der Waals surface area contributed by atoms with Crippen LogP contribution in [0.25, 0.3) is 0 Å². The van der Waals surface area contributed by atoms with E-state index in [9.17, 15) is 22.8 Å². The van der Waals surface area contributed by atoms with Crippen molar-refractivity contribution >= 4 is 11.7 Å². The van der Waals surface area contributed by atoms with Crippen LogP contribution in [0.1, 0.15) is 10.6 Å². The van der Waals surface area contributed by atoms with E-state index in [1.165, 1.54) is 6.26 Å². The highest BCUT2D eigenvalue weighted by molar-refractivity contribution is 5.94. The number of rotatable bonds is 3. The zero-order valence-corrected chi connectivity index (χ0v) is 11.0. The highest BCUT2D eigenvalue weighted by Crippen LogP contribution is 2.17. The number of carbonyl (C=O) groups excluding carboxylic acids is 2. The maximum absolute atomic E-state index is 12.0. The molecule has 0 saturated carbocycles. The summed E-state index contributed by atoms with van der Waals surface area (Å²) < 4.78 is 41.1. The monoisotopic (exact) mass is 302 g/mol. The van der Waals surface area contributed by atoms with E-state index < -0.39 is 12.0 Å². The average molecular weight is 302 g/mol. The van der Waals surface area contributed by atoms with E-state index >= 15 is 0 Å². The highest BCUT2D eigenvalue weighted by atomic mass is 19.4. The van der Waals surface area contributed by atoms with Crippen molar-refractivity contribution in [1.29, 1.82) is 0 Å². The molecule has 1 aliphatic heterocycles. The lowest BCUT2D eigenvalue weighted by atomic mass is 10.3. The third-order valence-corrected chi connectivity index (χ3v) is 3.05. The molecule has 1 aromatic heterocycles. The van der Waals surface area contributed by atoms with Gasteiger partial charge >= 0.3 is 6.18 Å². The minimum absolute atomic E-state index is 0.228. The van der Waals surface area contributed by atoms with Gasteiger partial charge in [-0.3, -0.25) is 9.59 Å². The van der Waals surface area contributed by atoms with Crippen molar-refractivity contribution in [3.63, 3.8) is 0 Å². The summed E-state index contributed by atoms with van der Waals surface area (Å²) in [6.07, 6.45) is -1.84. The lowest BCUT2D eigenvalue weighted by Gasteiger charge is -2.33. The van der Waals surface area contributed by atoms with Gasteiger partial charge in [0.15, 0.2) is 5.76 Å². The molecule has 0 N–H and O–H groups in total. The van der Waals surface area contributed by atoms with Gasteiger partial charge in [-0.15, -0.1) is 0 Å². The molecule has 1 fully saturated rings. The molecule has 8 heteroatoms. The minimum Gasteiger partial charge on any atom is -0.459 e. The van der Waals surface area contributed by atoms with E-state index in [1.54, 1.807) is 21.9 Å². The first kappa shape index (κ1) is 15.1. The van der Waals surface area contributed by atoms with Crippen LogP contribution in [0.15, 0.2) is 35.1 Å². The predicted molar refractivity (Wildman–Crippen MR) is 66.4 cm³/mol. The molecule has 0 unspecified atom stereocenters. The Bertz CT molecular complexity index is 529. The van der Waals surface area contributed by atoms with Crippen molar-refractivity contribution in [1.82, 2.24) is 9.80 Å². The van der Waals surface area contributed by atoms with Crippen LogP contribution < -0.4 is 0 Å². The standard InChI is InChI=1S/C13H13F3N2O3/c14-13(15,16)11(19)3-4-17-5-7-18(8-6-17)12(20)10-2-1-9-21-10/h1-4,9H,5-8H2/b4-3+. The number of hydrogen-bond donors (Lipinski definition) is 0. The molecule has 1 saturated heterocycles. The number of carbonyl (C=O) groups is 2. The molecule has 0 aromatic carbocycles. The molecule has 1 aliphatic rings. The molecule has 0 radical (unpaired) electrons. The quantitative estimate of drug-likeness (QED) is 0.797. The zero-order valence-electron chi connectivity index (χ0n) is 11.0. The molecule has 21 heavy (non-hydrogen) atoms. The van der Waals surface area contributed by atoms with Gasteiger partial charge in [-0.25, -0.2) is 0 Å². The number of hydrogen-bond acceptors (Lipinski definition) is 4. The van der Waals surface area contributed by atoms with Gasteiger partial charge in [0, 0.05) is 38.5 Å². The largest absolute Gasteiger partial charge is 0.459 e. The summed E-state index contributed by atoms with van der Waals surface area (Å²) in [7, 11) is 0. The number of alkyl halides is 3. The Morgan fingerprint density at radius 1 is 1.19 bits per heavy atom. The summed E-state index contributed by atoms with van der Waals surface area (Å²) in [5.74, 6) is -1.92. The van der Waals surface area contributed by atoms with Crippen LogP contribution in [0.4, 0.5) is 13.2 Å². The van der Waals surface area contributed by atoms with E-state index in [-0.39, 0.29) is 11.7 Å². The summed E-state index contributed by atoms with van der Waals surface area (Å²) in [5, 5.41) is 0. The molecule has 0 bridgehead atoms. The zero-order chi connectivity index (χ0) is 15.5. The fourth-order valence-electron chi connectivity index (χ4n) is 1.90. The summed E-state index contributed by atoms with van der Waals surface area (Å²) in [4.78, 5) is 25.8. The fraction of sp³-hybridized carbons (Fsp3) is 0.385. The molecule has 2 heterocycles. The lowest BCUT2D eigenvalue weighted by molar-refractivity contribution is -0.165. The van der Waals surface area contributed by atoms with Gasteiger partial charge in [-0.1, -0.05) is 0 Å². The number of nitrogens with zero attached hydrogens (tertiary/aromatic N) is 2. The number of amides is 1. The third-order valence-electron chi connectivity index (χ3n) is 3.05. The van der Waals surface area contributed by atoms with Gasteiger partial charge in [0.1, 0.15) is 0 Å². The first-order valence-electron chi connectivity index (χ1n) is 6.24. The van der Waals surface area contributed by atoms with Gasteiger partial charge in [0.2, 0.25) is 0 Å². The maximum atomic E-state index is 12.0. The van der Waals surface area contributed by atoms with Crippen LogP contribution in [0, 0.1) is 0 Å². The second-order valence-corrected chi connectivity index (χ2v) is 4.48. The normalized spacial score (nSPS) is 16.5. The SMILES string of the molecule is O=C(c1ccco1)N1CCN(/C=C/C(=O)C(F)(F)F)CC1. The Morgan fingerprint density at radius 2 is 1.86 bits per heavy atom. The summed E-state index contributed by atoms with van der Waals surface area (Å²) in [6, 6.07) is 3.16. The van der Waals surface area contributed by atoms with Gasteiger partial charge in [-0.05, 0) is 12.1 Å². The molecular weight excluding hydrogens is 289 g/mol. The molecule has 1 amide bonds. The maximum Gasteiger partial charge on any atom is 0.454 e. The Hall–Kier alpha value is -2.25. The van der Waals surface area contributed by atoms with Crippen LogP contribution in [0.2, 0.25) is 0 Å². The molecule has 0 aliphatic carbocycles. The number of allylic oxidation sites excluding steroid dienone is 1. The van der Waals surface area contributed by atoms with Crippen LogP contribution in [0.3, 0.4) is 0 Å². The molecule has 1 aromatic rings. The number of ketones is 1. The van der Waals surface area contributed by atoms with E-state index in [0.29, 0.717) is 32.3 Å². The molecule has 0 atom stereocenters. The van der Waals surface area contributed by atoms with E-state index in [1.807, 2.05) is 0 Å². The fourth-order valence-corrected chi connectivity index (χ4v) is 1.90. The van der Waals surface area contributed by atoms with Crippen molar-refractivity contribution in [2.24, 2.45) is 0 Å². The van der Waals surface area contributed by atoms with Gasteiger partial charge in [-0.2, -0.15) is 13.2 Å². The second-order valence-electron chi connectivity index (χ2n) is 4.48. The molecule has 2 rings (SSSR count). The Kier molecular flexibility index (Phi) is 4.35. The van der Waals surface area contributed by atoms with Crippen molar-refractivity contribution < 1.29 is 27.2 Å². The number of piperazine rings is 1. The van der Waals surface area contributed by atoms with Crippen molar-refractivity contribution in [3.8, 4) is 0 Å². The number of halogens is 3. The van der Waals surface area contributed by atoms with E-state index in [0.717, 1.165) is 6.20 Å². The van der Waals surface area contributed by atoms with Gasteiger partial charge in [0.05, 0.1) is 6.26 Å². The van der Waals surface area contributed by atoms with E-state index in [4.69, 9.17) is 4.42 Å². The highest BCUT2D eigenvalue weighted by Gasteiger charge is 2.36. The topological polar surface area (TPSA) is 53.8 Å². The molecule has 0 spiro atoms. The molecule has 5 nitrogen and oxygen atoms in total. The first-order valence-corrected chi connectivity index (χ1v) is 6.24. The Balaban J connectivity index is 1.85. The van der Waals surface area contributed by atoms with Gasteiger partial charge < -0.3 is 14.2 Å². The van der Waals surface area contributed by atoms with E-state index in [2.05, 4.69) is 0 Å². The number of furan rings is 1. The summed E-state index contributed by atoms with van der Waals surface area (Å²) in [6.45, 7) is 1.41. The van der Waals surface area contributed by atoms with Crippen molar-refractivity contribution in [2.45, 2.75) is 6.18 Å². The minimum atomic E-state index is -4.85. The third kappa shape index (κ3) is 3.87.